The molecule has 1 rings (SSSR count). The zero-order chi connectivity index (χ0) is 12.7. The summed E-state index contributed by atoms with van der Waals surface area (Å²) in [4.78, 5) is 0. The topological polar surface area (TPSA) is 21.3 Å². The lowest BCUT2D eigenvalue weighted by atomic mass is 10.2. The molecule has 0 aliphatic heterocycles. The molecule has 0 fully saturated rings. The van der Waals surface area contributed by atoms with E-state index in [-0.39, 0.29) is 0 Å². The third-order valence-corrected chi connectivity index (χ3v) is 2.69. The molecule has 0 bridgehead atoms. The molecule has 0 aliphatic rings. The van der Waals surface area contributed by atoms with Gasteiger partial charge in [-0.2, -0.15) is 0 Å². The third-order valence-electron chi connectivity index (χ3n) is 2.31. The highest BCUT2D eigenvalue weighted by Crippen LogP contribution is 2.18. The molecule has 0 spiro atoms. The number of para-hydroxylation sites is 1. The zero-order valence-electron chi connectivity index (χ0n) is 10.7. The predicted molar refractivity (Wildman–Crippen MR) is 73.5 cm³/mol. The summed E-state index contributed by atoms with van der Waals surface area (Å²) in [5.74, 6) is 0.915. The van der Waals surface area contributed by atoms with E-state index in [9.17, 15) is 0 Å². The largest absolute Gasteiger partial charge is 0.489 e. The van der Waals surface area contributed by atoms with Crippen LogP contribution in [0.2, 0.25) is 0 Å². The zero-order valence-corrected chi connectivity index (χ0v) is 11.4. The van der Waals surface area contributed by atoms with Gasteiger partial charge in [0.2, 0.25) is 0 Å². The molecule has 0 atom stereocenters. The van der Waals surface area contributed by atoms with Crippen LogP contribution in [0.3, 0.4) is 0 Å². The van der Waals surface area contributed by atoms with E-state index in [0.717, 1.165) is 17.9 Å². The van der Waals surface area contributed by atoms with E-state index in [4.69, 9.17) is 16.3 Å². The average Bonchev–Trinajstić information content (AvgIpc) is 2.34. The van der Waals surface area contributed by atoms with Crippen molar-refractivity contribution in [1.82, 2.24) is 5.32 Å². The van der Waals surface area contributed by atoms with Gasteiger partial charge in [0.1, 0.15) is 12.4 Å². The van der Waals surface area contributed by atoms with Gasteiger partial charge in [-0.3, -0.25) is 0 Å². The molecule has 17 heavy (non-hydrogen) atoms. The number of ether oxygens (including phenoxy) is 1. The standard InChI is InChI=1S/C14H20ClNO/c1-11(2)16-9-13-6-4-5-7-14(13)17-10-12(3)8-15/h4-8,11,16H,9-10H2,1-3H3/b12-8+. The molecule has 0 radical (unpaired) electrons. The molecule has 0 unspecified atom stereocenters. The fraction of sp³-hybridized carbons (Fsp3) is 0.429. The first kappa shape index (κ1) is 14.1. The lowest BCUT2D eigenvalue weighted by Crippen LogP contribution is -2.22. The number of hydrogen-bond donors (Lipinski definition) is 1. The summed E-state index contributed by atoms with van der Waals surface area (Å²) in [5.41, 5.74) is 3.73. The van der Waals surface area contributed by atoms with Gasteiger partial charge in [-0.1, -0.05) is 43.6 Å². The minimum atomic E-state index is 0.465. The van der Waals surface area contributed by atoms with Crippen LogP contribution in [-0.4, -0.2) is 12.6 Å². The quantitative estimate of drug-likeness (QED) is 0.835. The first-order valence-electron chi connectivity index (χ1n) is 5.83. The fourth-order valence-electron chi connectivity index (χ4n) is 1.33. The highest BCUT2D eigenvalue weighted by molar-refractivity contribution is 6.25. The van der Waals surface area contributed by atoms with Gasteiger partial charge in [0, 0.05) is 23.7 Å². The van der Waals surface area contributed by atoms with Crippen molar-refractivity contribution < 1.29 is 4.74 Å². The smallest absolute Gasteiger partial charge is 0.124 e. The molecule has 0 saturated heterocycles. The van der Waals surface area contributed by atoms with E-state index in [1.54, 1.807) is 5.54 Å². The molecule has 94 valence electrons. The molecule has 3 heteroatoms. The first-order chi connectivity index (χ1) is 8.13. The molecule has 1 aromatic rings. The van der Waals surface area contributed by atoms with Gasteiger partial charge in [-0.15, -0.1) is 0 Å². The van der Waals surface area contributed by atoms with Gasteiger partial charge in [0.25, 0.3) is 0 Å². The van der Waals surface area contributed by atoms with Gasteiger partial charge in [-0.25, -0.2) is 0 Å². The molecular formula is C14H20ClNO. The van der Waals surface area contributed by atoms with E-state index in [0.29, 0.717) is 12.6 Å². The summed E-state index contributed by atoms with van der Waals surface area (Å²) < 4.78 is 5.73. The van der Waals surface area contributed by atoms with Gasteiger partial charge in [0.15, 0.2) is 0 Å². The monoisotopic (exact) mass is 253 g/mol. The van der Waals surface area contributed by atoms with Crippen molar-refractivity contribution in [2.24, 2.45) is 0 Å². The lowest BCUT2D eigenvalue weighted by molar-refractivity contribution is 0.347. The highest BCUT2D eigenvalue weighted by atomic mass is 35.5. The van der Waals surface area contributed by atoms with Gasteiger partial charge in [-0.05, 0) is 18.6 Å². The Labute approximate surface area is 109 Å². The van der Waals surface area contributed by atoms with Crippen molar-refractivity contribution in [3.63, 3.8) is 0 Å². The summed E-state index contributed by atoms with van der Waals surface area (Å²) in [6.45, 7) is 7.55. The van der Waals surface area contributed by atoms with Crippen molar-refractivity contribution in [2.75, 3.05) is 6.61 Å². The Morgan fingerprint density at radius 1 is 1.41 bits per heavy atom. The maximum atomic E-state index is 5.73. The molecule has 0 amide bonds. The van der Waals surface area contributed by atoms with Crippen LogP contribution >= 0.6 is 11.6 Å². The van der Waals surface area contributed by atoms with Gasteiger partial charge < -0.3 is 10.1 Å². The van der Waals surface area contributed by atoms with Crippen molar-refractivity contribution >= 4 is 11.6 Å². The van der Waals surface area contributed by atoms with Crippen LogP contribution < -0.4 is 10.1 Å². The number of halogens is 1. The summed E-state index contributed by atoms with van der Waals surface area (Å²) in [7, 11) is 0. The molecule has 2 nitrogen and oxygen atoms in total. The molecule has 0 saturated carbocycles. The molecule has 0 aliphatic carbocycles. The Bertz CT molecular complexity index is 374. The van der Waals surface area contributed by atoms with Crippen LogP contribution in [0.25, 0.3) is 0 Å². The highest BCUT2D eigenvalue weighted by Gasteiger charge is 2.03. The van der Waals surface area contributed by atoms with Crippen molar-refractivity contribution in [2.45, 2.75) is 33.4 Å². The van der Waals surface area contributed by atoms with Crippen LogP contribution in [0.15, 0.2) is 35.4 Å². The van der Waals surface area contributed by atoms with Crippen molar-refractivity contribution in [3.05, 3.63) is 40.9 Å². The number of hydrogen-bond acceptors (Lipinski definition) is 2. The van der Waals surface area contributed by atoms with E-state index in [1.165, 1.54) is 5.56 Å². The summed E-state index contributed by atoms with van der Waals surface area (Å²) >= 11 is 5.61. The van der Waals surface area contributed by atoms with Crippen LogP contribution in [0.1, 0.15) is 26.3 Å². The summed E-state index contributed by atoms with van der Waals surface area (Å²) in [6, 6.07) is 8.53. The summed E-state index contributed by atoms with van der Waals surface area (Å²) in [6.07, 6.45) is 0. The second kappa shape index (κ2) is 7.36. The number of nitrogens with one attached hydrogen (secondary N) is 1. The SMILES string of the molecule is C/C(=C\Cl)COc1ccccc1CNC(C)C. The third kappa shape index (κ3) is 5.24. The van der Waals surface area contributed by atoms with Crippen LogP contribution in [0.4, 0.5) is 0 Å². The van der Waals surface area contributed by atoms with Crippen LogP contribution in [0, 0.1) is 0 Å². The first-order valence-corrected chi connectivity index (χ1v) is 6.27. The van der Waals surface area contributed by atoms with E-state index < -0.39 is 0 Å². The Morgan fingerprint density at radius 3 is 2.76 bits per heavy atom. The van der Waals surface area contributed by atoms with E-state index >= 15 is 0 Å². The molecule has 1 N–H and O–H groups in total. The fourth-order valence-corrected chi connectivity index (χ4v) is 1.39. The Kier molecular flexibility index (Phi) is 6.09. The van der Waals surface area contributed by atoms with Gasteiger partial charge in [0.05, 0.1) is 0 Å². The normalized spacial score (nSPS) is 11.9. The molecular weight excluding hydrogens is 234 g/mol. The molecule has 0 heterocycles. The average molecular weight is 254 g/mol. The van der Waals surface area contributed by atoms with Crippen molar-refractivity contribution in [1.29, 1.82) is 0 Å². The van der Waals surface area contributed by atoms with Crippen molar-refractivity contribution in [3.8, 4) is 5.75 Å². The summed E-state index contributed by atoms with van der Waals surface area (Å²) in [5, 5.41) is 3.38. The van der Waals surface area contributed by atoms with E-state index in [1.807, 2.05) is 25.1 Å². The molecule has 1 aromatic carbocycles. The maximum absolute atomic E-state index is 5.73. The Hall–Kier alpha value is -0.990. The second-order valence-electron chi connectivity index (χ2n) is 4.39. The minimum Gasteiger partial charge on any atom is -0.489 e. The Morgan fingerprint density at radius 2 is 2.12 bits per heavy atom. The van der Waals surface area contributed by atoms with Crippen LogP contribution in [0.5, 0.6) is 5.75 Å². The minimum absolute atomic E-state index is 0.465. The van der Waals surface area contributed by atoms with Gasteiger partial charge >= 0.3 is 0 Å². The van der Waals surface area contributed by atoms with E-state index in [2.05, 4.69) is 25.2 Å². The molecule has 0 aromatic heterocycles. The Balaban J connectivity index is 2.64. The van der Waals surface area contributed by atoms with Crippen LogP contribution in [-0.2, 0) is 6.54 Å². The maximum Gasteiger partial charge on any atom is 0.124 e. The number of rotatable bonds is 6. The number of benzene rings is 1. The predicted octanol–water partition coefficient (Wildman–Crippen LogP) is 3.71. The lowest BCUT2D eigenvalue weighted by Gasteiger charge is -2.13. The second-order valence-corrected chi connectivity index (χ2v) is 4.61.